The molecule has 0 spiro atoms. The van der Waals surface area contributed by atoms with Gasteiger partial charge in [0.05, 0.1) is 12.6 Å². The normalized spacial score (nSPS) is 25.0. The minimum absolute atomic E-state index is 0.0624. The Hall–Kier alpha value is -1.18. The van der Waals surface area contributed by atoms with E-state index in [1.807, 2.05) is 9.80 Å². The zero-order valence-corrected chi connectivity index (χ0v) is 14.5. The molecule has 3 fully saturated rings. The molecule has 3 saturated heterocycles. The van der Waals surface area contributed by atoms with E-state index in [4.69, 9.17) is 10.5 Å². The summed E-state index contributed by atoms with van der Waals surface area (Å²) in [5.41, 5.74) is 6.20. The standard InChI is InChI=1S/C17H30N4O3/c18-16(14-3-11-24-12-4-14)17(23)21-9-7-19(8-10-21)13-15(22)20-5-1-2-6-20/h14,16H,1-13,18H2. The van der Waals surface area contributed by atoms with Gasteiger partial charge in [-0.25, -0.2) is 0 Å². The van der Waals surface area contributed by atoms with Crippen LogP contribution in [0.3, 0.4) is 0 Å². The van der Waals surface area contributed by atoms with Crippen molar-refractivity contribution in [2.45, 2.75) is 31.7 Å². The summed E-state index contributed by atoms with van der Waals surface area (Å²) in [4.78, 5) is 30.8. The van der Waals surface area contributed by atoms with Crippen molar-refractivity contribution in [3.63, 3.8) is 0 Å². The van der Waals surface area contributed by atoms with Crippen molar-refractivity contribution in [3.05, 3.63) is 0 Å². The summed E-state index contributed by atoms with van der Waals surface area (Å²) in [6.45, 7) is 6.54. The molecule has 3 aliphatic heterocycles. The molecule has 1 unspecified atom stereocenters. The van der Waals surface area contributed by atoms with Gasteiger partial charge in [-0.05, 0) is 31.6 Å². The summed E-state index contributed by atoms with van der Waals surface area (Å²) in [6.07, 6.45) is 3.99. The second kappa shape index (κ2) is 8.27. The number of hydrogen-bond donors (Lipinski definition) is 1. The van der Waals surface area contributed by atoms with Crippen molar-refractivity contribution in [1.29, 1.82) is 0 Å². The van der Waals surface area contributed by atoms with Gasteiger partial charge in [0.2, 0.25) is 11.8 Å². The molecule has 7 heteroatoms. The summed E-state index contributed by atoms with van der Waals surface area (Å²) in [6, 6.07) is -0.410. The zero-order valence-electron chi connectivity index (χ0n) is 14.5. The Morgan fingerprint density at radius 2 is 1.58 bits per heavy atom. The van der Waals surface area contributed by atoms with E-state index in [0.717, 1.165) is 51.9 Å². The van der Waals surface area contributed by atoms with Crippen molar-refractivity contribution in [2.75, 3.05) is 59.0 Å². The Morgan fingerprint density at radius 3 is 2.21 bits per heavy atom. The fourth-order valence-electron chi connectivity index (χ4n) is 3.87. The SMILES string of the molecule is NC(C(=O)N1CCN(CC(=O)N2CCCC2)CC1)C1CCOCC1. The summed E-state index contributed by atoms with van der Waals surface area (Å²) in [5.74, 6) is 0.527. The maximum atomic E-state index is 12.6. The molecule has 0 saturated carbocycles. The van der Waals surface area contributed by atoms with E-state index >= 15 is 0 Å². The molecule has 136 valence electrons. The minimum Gasteiger partial charge on any atom is -0.381 e. The topological polar surface area (TPSA) is 79.1 Å². The number of nitrogens with two attached hydrogens (primary N) is 1. The van der Waals surface area contributed by atoms with E-state index in [0.29, 0.717) is 32.8 Å². The van der Waals surface area contributed by atoms with Gasteiger partial charge in [-0.3, -0.25) is 14.5 Å². The molecule has 2 amide bonds. The number of carbonyl (C=O) groups is 2. The number of hydrogen-bond acceptors (Lipinski definition) is 5. The molecule has 1 atom stereocenters. The van der Waals surface area contributed by atoms with Gasteiger partial charge in [0.15, 0.2) is 0 Å². The Bertz CT molecular complexity index is 439. The largest absolute Gasteiger partial charge is 0.381 e. The van der Waals surface area contributed by atoms with Crippen LogP contribution in [0.4, 0.5) is 0 Å². The molecule has 0 aromatic heterocycles. The minimum atomic E-state index is -0.410. The van der Waals surface area contributed by atoms with E-state index in [1.165, 1.54) is 0 Å². The molecule has 0 radical (unpaired) electrons. The first kappa shape index (κ1) is 17.6. The summed E-state index contributed by atoms with van der Waals surface area (Å²) >= 11 is 0. The first-order valence-corrected chi connectivity index (χ1v) is 9.27. The number of amides is 2. The maximum Gasteiger partial charge on any atom is 0.239 e. The van der Waals surface area contributed by atoms with Gasteiger partial charge >= 0.3 is 0 Å². The highest BCUT2D eigenvalue weighted by Gasteiger charge is 2.32. The monoisotopic (exact) mass is 338 g/mol. The molecular formula is C17H30N4O3. The van der Waals surface area contributed by atoms with Gasteiger partial charge in [-0.2, -0.15) is 0 Å². The fraction of sp³-hybridized carbons (Fsp3) is 0.882. The predicted molar refractivity (Wildman–Crippen MR) is 90.4 cm³/mol. The molecular weight excluding hydrogens is 308 g/mol. The van der Waals surface area contributed by atoms with Gasteiger partial charge in [0, 0.05) is 52.5 Å². The Morgan fingerprint density at radius 1 is 0.958 bits per heavy atom. The number of piperazine rings is 1. The van der Waals surface area contributed by atoms with Crippen molar-refractivity contribution < 1.29 is 14.3 Å². The van der Waals surface area contributed by atoms with Crippen molar-refractivity contribution in [2.24, 2.45) is 11.7 Å². The van der Waals surface area contributed by atoms with Gasteiger partial charge in [0.25, 0.3) is 0 Å². The lowest BCUT2D eigenvalue weighted by Crippen LogP contribution is -2.56. The van der Waals surface area contributed by atoms with Crippen LogP contribution in [0.5, 0.6) is 0 Å². The first-order chi connectivity index (χ1) is 11.6. The van der Waals surface area contributed by atoms with E-state index in [-0.39, 0.29) is 17.7 Å². The van der Waals surface area contributed by atoms with Gasteiger partial charge in [0.1, 0.15) is 0 Å². The Labute approximate surface area is 144 Å². The first-order valence-electron chi connectivity index (χ1n) is 9.27. The number of nitrogens with zero attached hydrogens (tertiary/aromatic N) is 3. The summed E-state index contributed by atoms with van der Waals surface area (Å²) < 4.78 is 5.35. The molecule has 7 nitrogen and oxygen atoms in total. The molecule has 0 aromatic rings. The van der Waals surface area contributed by atoms with E-state index in [2.05, 4.69) is 4.90 Å². The highest BCUT2D eigenvalue weighted by molar-refractivity contribution is 5.82. The van der Waals surface area contributed by atoms with Crippen LogP contribution in [0.25, 0.3) is 0 Å². The third-order valence-corrected chi connectivity index (χ3v) is 5.56. The molecule has 3 heterocycles. The van der Waals surface area contributed by atoms with Crippen LogP contribution >= 0.6 is 0 Å². The Balaban J connectivity index is 1.42. The van der Waals surface area contributed by atoms with Crippen LogP contribution in [-0.4, -0.2) is 91.6 Å². The highest BCUT2D eigenvalue weighted by atomic mass is 16.5. The molecule has 24 heavy (non-hydrogen) atoms. The molecule has 2 N–H and O–H groups in total. The van der Waals surface area contributed by atoms with Crippen molar-refractivity contribution >= 4 is 11.8 Å². The van der Waals surface area contributed by atoms with E-state index in [1.54, 1.807) is 0 Å². The maximum absolute atomic E-state index is 12.6. The fourth-order valence-corrected chi connectivity index (χ4v) is 3.87. The van der Waals surface area contributed by atoms with Gasteiger partial charge in [-0.15, -0.1) is 0 Å². The zero-order chi connectivity index (χ0) is 16.9. The Kier molecular flexibility index (Phi) is 6.08. The lowest BCUT2D eigenvalue weighted by atomic mass is 9.91. The van der Waals surface area contributed by atoms with Crippen LogP contribution in [0.2, 0.25) is 0 Å². The van der Waals surface area contributed by atoms with Crippen molar-refractivity contribution in [1.82, 2.24) is 14.7 Å². The lowest BCUT2D eigenvalue weighted by molar-refractivity contribution is -0.137. The average molecular weight is 338 g/mol. The smallest absolute Gasteiger partial charge is 0.239 e. The predicted octanol–water partition coefficient (Wildman–Crippen LogP) is -0.493. The van der Waals surface area contributed by atoms with Crippen LogP contribution in [0, 0.1) is 5.92 Å². The third-order valence-electron chi connectivity index (χ3n) is 5.56. The van der Waals surface area contributed by atoms with Crippen LogP contribution in [-0.2, 0) is 14.3 Å². The second-order valence-electron chi connectivity index (χ2n) is 7.16. The number of ether oxygens (including phenoxy) is 1. The lowest BCUT2D eigenvalue weighted by Gasteiger charge is -2.37. The van der Waals surface area contributed by atoms with Crippen molar-refractivity contribution in [3.8, 4) is 0 Å². The van der Waals surface area contributed by atoms with Gasteiger partial charge < -0.3 is 20.3 Å². The highest BCUT2D eigenvalue weighted by Crippen LogP contribution is 2.19. The molecule has 0 aliphatic carbocycles. The van der Waals surface area contributed by atoms with E-state index in [9.17, 15) is 9.59 Å². The van der Waals surface area contributed by atoms with Crippen LogP contribution < -0.4 is 5.73 Å². The number of rotatable bonds is 4. The molecule has 0 aromatic carbocycles. The summed E-state index contributed by atoms with van der Waals surface area (Å²) in [7, 11) is 0. The number of likely N-dealkylation sites (tertiary alicyclic amines) is 1. The van der Waals surface area contributed by atoms with Gasteiger partial charge in [-0.1, -0.05) is 0 Å². The van der Waals surface area contributed by atoms with E-state index < -0.39 is 6.04 Å². The molecule has 3 rings (SSSR count). The van der Waals surface area contributed by atoms with Crippen LogP contribution in [0.15, 0.2) is 0 Å². The quantitative estimate of drug-likeness (QED) is 0.748. The molecule has 3 aliphatic rings. The summed E-state index contributed by atoms with van der Waals surface area (Å²) in [5, 5.41) is 0. The van der Waals surface area contributed by atoms with Crippen LogP contribution in [0.1, 0.15) is 25.7 Å². The molecule has 0 bridgehead atoms. The average Bonchev–Trinajstić information content (AvgIpc) is 3.17. The third kappa shape index (κ3) is 4.26. The number of carbonyl (C=O) groups excluding carboxylic acids is 2. The second-order valence-corrected chi connectivity index (χ2v) is 7.16.